The fraction of sp³-hybridized carbons (Fsp3) is 0.500. The van der Waals surface area contributed by atoms with Gasteiger partial charge in [0.1, 0.15) is 6.61 Å². The van der Waals surface area contributed by atoms with Gasteiger partial charge in [-0.3, -0.25) is 4.90 Å². The lowest BCUT2D eigenvalue weighted by Gasteiger charge is -2.19. The van der Waals surface area contributed by atoms with Crippen molar-refractivity contribution in [3.8, 4) is 11.5 Å². The largest absolute Gasteiger partial charge is 0.493 e. The molecule has 4 heteroatoms. The van der Waals surface area contributed by atoms with Crippen LogP contribution in [0.2, 0.25) is 0 Å². The van der Waals surface area contributed by atoms with Gasteiger partial charge >= 0.3 is 0 Å². The van der Waals surface area contributed by atoms with Crippen LogP contribution in [-0.4, -0.2) is 44.1 Å². The Morgan fingerprint density at radius 3 is 2.70 bits per heavy atom. The van der Waals surface area contributed by atoms with Crippen LogP contribution in [0.3, 0.4) is 0 Å². The zero-order valence-electron chi connectivity index (χ0n) is 12.4. The van der Waals surface area contributed by atoms with E-state index in [9.17, 15) is 0 Å². The van der Waals surface area contributed by atoms with Crippen molar-refractivity contribution in [1.29, 1.82) is 0 Å². The first-order valence-electron chi connectivity index (χ1n) is 6.94. The minimum Gasteiger partial charge on any atom is -0.493 e. The van der Waals surface area contributed by atoms with Crippen LogP contribution < -0.4 is 9.47 Å². The quantitative estimate of drug-likeness (QED) is 0.488. The number of rotatable bonds is 10. The molecular formula is C16H24ClNO2. The van der Waals surface area contributed by atoms with Crippen molar-refractivity contribution in [1.82, 2.24) is 4.90 Å². The van der Waals surface area contributed by atoms with Crippen molar-refractivity contribution in [3.63, 3.8) is 0 Å². The first kappa shape index (κ1) is 16.9. The van der Waals surface area contributed by atoms with Gasteiger partial charge in [-0.1, -0.05) is 19.1 Å². The van der Waals surface area contributed by atoms with Crippen LogP contribution in [-0.2, 0) is 6.42 Å². The molecule has 0 saturated carbocycles. The predicted molar refractivity (Wildman–Crippen MR) is 85.2 cm³/mol. The topological polar surface area (TPSA) is 21.7 Å². The molecule has 0 unspecified atom stereocenters. The highest BCUT2D eigenvalue weighted by Crippen LogP contribution is 2.28. The van der Waals surface area contributed by atoms with E-state index < -0.39 is 0 Å². The molecule has 0 aliphatic heterocycles. The molecule has 3 nitrogen and oxygen atoms in total. The number of alkyl halides is 1. The average molecular weight is 298 g/mol. The number of allylic oxidation sites excluding steroid dienone is 1. The summed E-state index contributed by atoms with van der Waals surface area (Å²) < 4.78 is 11.2. The Morgan fingerprint density at radius 1 is 1.30 bits per heavy atom. The maximum Gasteiger partial charge on any atom is 0.161 e. The average Bonchev–Trinajstić information content (AvgIpc) is 2.47. The normalized spacial score (nSPS) is 10.6. The van der Waals surface area contributed by atoms with Gasteiger partial charge in [-0.2, -0.15) is 0 Å². The summed E-state index contributed by atoms with van der Waals surface area (Å²) >= 11 is 5.76. The second-order valence-electron chi connectivity index (χ2n) is 4.45. The number of halogens is 1. The second kappa shape index (κ2) is 9.67. The Hall–Kier alpha value is -1.19. The van der Waals surface area contributed by atoms with E-state index in [-0.39, 0.29) is 0 Å². The Bertz CT molecular complexity index is 409. The van der Waals surface area contributed by atoms with Crippen LogP contribution in [0.5, 0.6) is 11.5 Å². The van der Waals surface area contributed by atoms with Crippen molar-refractivity contribution in [2.24, 2.45) is 0 Å². The number of hydrogen-bond donors (Lipinski definition) is 0. The van der Waals surface area contributed by atoms with Gasteiger partial charge in [0.05, 0.1) is 7.11 Å². The van der Waals surface area contributed by atoms with Crippen LogP contribution in [0.4, 0.5) is 0 Å². The van der Waals surface area contributed by atoms with Crippen molar-refractivity contribution >= 4 is 11.6 Å². The molecular weight excluding hydrogens is 274 g/mol. The molecule has 0 aliphatic carbocycles. The van der Waals surface area contributed by atoms with E-state index in [1.165, 1.54) is 5.56 Å². The molecule has 0 saturated heterocycles. The van der Waals surface area contributed by atoms with Crippen LogP contribution in [0.15, 0.2) is 30.9 Å². The lowest BCUT2D eigenvalue weighted by molar-refractivity contribution is 0.218. The third-order valence-corrected chi connectivity index (χ3v) is 3.29. The molecule has 0 aliphatic rings. The molecule has 1 aromatic carbocycles. The molecule has 0 spiro atoms. The summed E-state index contributed by atoms with van der Waals surface area (Å²) in [6.45, 7) is 9.22. The van der Waals surface area contributed by atoms with E-state index in [4.69, 9.17) is 21.1 Å². The van der Waals surface area contributed by atoms with Gasteiger partial charge < -0.3 is 9.47 Å². The standard InChI is InChI=1S/C16H24ClNO2/c1-4-6-14-7-8-15(16(13-14)19-3)20-12-11-18(5-2)10-9-17/h4,7-8,13H,1,5-6,9-12H2,2-3H3. The molecule has 0 heterocycles. The monoisotopic (exact) mass is 297 g/mol. The SMILES string of the molecule is C=CCc1ccc(OCCN(CC)CCCl)c(OC)c1. The van der Waals surface area contributed by atoms with Gasteiger partial charge in [0, 0.05) is 19.0 Å². The number of likely N-dealkylation sites (N-methyl/N-ethyl adjacent to an activating group) is 1. The summed E-state index contributed by atoms with van der Waals surface area (Å²) in [7, 11) is 1.66. The molecule has 0 radical (unpaired) electrons. The van der Waals surface area contributed by atoms with Gasteiger partial charge in [0.2, 0.25) is 0 Å². The zero-order valence-corrected chi connectivity index (χ0v) is 13.2. The highest BCUT2D eigenvalue weighted by Gasteiger charge is 2.07. The Kier molecular flexibility index (Phi) is 8.16. The third kappa shape index (κ3) is 5.43. The first-order valence-corrected chi connectivity index (χ1v) is 7.47. The highest BCUT2D eigenvalue weighted by atomic mass is 35.5. The van der Waals surface area contributed by atoms with Crippen LogP contribution in [0.25, 0.3) is 0 Å². The van der Waals surface area contributed by atoms with E-state index in [1.807, 2.05) is 24.3 Å². The highest BCUT2D eigenvalue weighted by molar-refractivity contribution is 6.18. The lowest BCUT2D eigenvalue weighted by atomic mass is 10.1. The molecule has 0 N–H and O–H groups in total. The molecule has 1 aromatic rings. The van der Waals surface area contributed by atoms with E-state index in [1.54, 1.807) is 7.11 Å². The number of methoxy groups -OCH3 is 1. The Morgan fingerprint density at radius 2 is 2.10 bits per heavy atom. The Labute approximate surface area is 127 Å². The summed E-state index contributed by atoms with van der Waals surface area (Å²) in [5, 5.41) is 0. The van der Waals surface area contributed by atoms with Crippen molar-refractivity contribution in [2.75, 3.05) is 39.2 Å². The summed E-state index contributed by atoms with van der Waals surface area (Å²) in [4.78, 5) is 2.26. The summed E-state index contributed by atoms with van der Waals surface area (Å²) in [5.41, 5.74) is 1.17. The molecule has 0 amide bonds. The van der Waals surface area contributed by atoms with Gasteiger partial charge in [-0.25, -0.2) is 0 Å². The third-order valence-electron chi connectivity index (χ3n) is 3.12. The second-order valence-corrected chi connectivity index (χ2v) is 4.83. The van der Waals surface area contributed by atoms with Gasteiger partial charge in [0.15, 0.2) is 11.5 Å². The maximum atomic E-state index is 5.80. The minimum absolute atomic E-state index is 0.627. The van der Waals surface area contributed by atoms with Crippen molar-refractivity contribution < 1.29 is 9.47 Å². The molecule has 1 rings (SSSR count). The predicted octanol–water partition coefficient (Wildman–Crippen LogP) is 3.36. The number of nitrogens with zero attached hydrogens (tertiary/aromatic N) is 1. The fourth-order valence-corrected chi connectivity index (χ4v) is 2.20. The zero-order chi connectivity index (χ0) is 14.8. The first-order chi connectivity index (χ1) is 9.74. The minimum atomic E-state index is 0.627. The van der Waals surface area contributed by atoms with Crippen LogP contribution in [0.1, 0.15) is 12.5 Å². The maximum absolute atomic E-state index is 5.80. The Balaban J connectivity index is 2.56. The summed E-state index contributed by atoms with van der Waals surface area (Å²) in [6.07, 6.45) is 2.70. The van der Waals surface area contributed by atoms with E-state index in [0.717, 1.165) is 37.6 Å². The molecule has 112 valence electrons. The number of hydrogen-bond acceptors (Lipinski definition) is 3. The van der Waals surface area contributed by atoms with E-state index in [2.05, 4.69) is 18.4 Å². The molecule has 0 fully saturated rings. The lowest BCUT2D eigenvalue weighted by Crippen LogP contribution is -2.30. The summed E-state index contributed by atoms with van der Waals surface area (Å²) in [6, 6.07) is 5.98. The van der Waals surface area contributed by atoms with Crippen LogP contribution in [0, 0.1) is 0 Å². The number of benzene rings is 1. The fourth-order valence-electron chi connectivity index (χ4n) is 1.96. The van der Waals surface area contributed by atoms with E-state index >= 15 is 0 Å². The molecule has 0 aromatic heterocycles. The van der Waals surface area contributed by atoms with Crippen LogP contribution >= 0.6 is 11.6 Å². The smallest absolute Gasteiger partial charge is 0.161 e. The van der Waals surface area contributed by atoms with Gasteiger partial charge in [-0.05, 0) is 30.7 Å². The number of ether oxygens (including phenoxy) is 2. The van der Waals surface area contributed by atoms with Crippen molar-refractivity contribution in [3.05, 3.63) is 36.4 Å². The molecule has 0 bridgehead atoms. The van der Waals surface area contributed by atoms with E-state index in [0.29, 0.717) is 12.5 Å². The summed E-state index contributed by atoms with van der Waals surface area (Å²) in [5.74, 6) is 2.19. The molecule has 0 atom stereocenters. The molecule has 20 heavy (non-hydrogen) atoms. The van der Waals surface area contributed by atoms with Gasteiger partial charge in [-0.15, -0.1) is 18.2 Å². The van der Waals surface area contributed by atoms with Gasteiger partial charge in [0.25, 0.3) is 0 Å². The van der Waals surface area contributed by atoms with Crippen molar-refractivity contribution in [2.45, 2.75) is 13.3 Å².